The number of amides is 1. The van der Waals surface area contributed by atoms with E-state index < -0.39 is 10.0 Å². The Morgan fingerprint density at radius 3 is 2.21 bits per heavy atom. The number of piperidine rings is 1. The summed E-state index contributed by atoms with van der Waals surface area (Å²) in [5.74, 6) is -0.193. The Morgan fingerprint density at radius 2 is 1.58 bits per heavy atom. The van der Waals surface area contributed by atoms with Gasteiger partial charge in [0.05, 0.1) is 5.75 Å². The molecule has 33 heavy (non-hydrogen) atoms. The number of benzene rings is 2. The molecule has 178 valence electrons. The average molecular weight is 471 g/mol. The minimum absolute atomic E-state index is 0.0101. The molecular weight excluding hydrogens is 436 g/mol. The van der Waals surface area contributed by atoms with Gasteiger partial charge >= 0.3 is 0 Å². The number of rotatable bonds is 6. The minimum Gasteiger partial charge on any atom is -0.369 e. The Morgan fingerprint density at radius 1 is 0.939 bits per heavy atom. The summed E-state index contributed by atoms with van der Waals surface area (Å²) >= 11 is 0. The van der Waals surface area contributed by atoms with Gasteiger partial charge < -0.3 is 15.1 Å². The van der Waals surface area contributed by atoms with Crippen LogP contribution < -0.4 is 10.2 Å². The lowest BCUT2D eigenvalue weighted by Gasteiger charge is -2.34. The SMILES string of the molecule is Cc1ccccc1CS(=O)(=O)N1CCC(C(=O)Nc2ccc(N3CCN(C)CC3)cc2)CC1. The number of hydrogen-bond acceptors (Lipinski definition) is 5. The third kappa shape index (κ3) is 5.93. The van der Waals surface area contributed by atoms with Gasteiger partial charge in [-0.2, -0.15) is 0 Å². The molecule has 1 N–H and O–H groups in total. The van der Waals surface area contributed by atoms with Crippen LogP contribution in [0.4, 0.5) is 11.4 Å². The summed E-state index contributed by atoms with van der Waals surface area (Å²) in [6.45, 7) is 6.82. The predicted octanol–water partition coefficient (Wildman–Crippen LogP) is 2.93. The number of sulfonamides is 1. The van der Waals surface area contributed by atoms with Crippen LogP contribution in [0.2, 0.25) is 0 Å². The fraction of sp³-hybridized carbons (Fsp3) is 0.480. The number of carbonyl (C=O) groups is 1. The molecule has 1 amide bonds. The van der Waals surface area contributed by atoms with Crippen LogP contribution in [0.15, 0.2) is 48.5 Å². The Bertz CT molecular complexity index is 1060. The van der Waals surface area contributed by atoms with Gasteiger partial charge in [0.1, 0.15) is 0 Å². The summed E-state index contributed by atoms with van der Waals surface area (Å²) in [5, 5.41) is 3.02. The van der Waals surface area contributed by atoms with Gasteiger partial charge in [0.15, 0.2) is 0 Å². The molecule has 4 rings (SSSR count). The fourth-order valence-electron chi connectivity index (χ4n) is 4.52. The van der Waals surface area contributed by atoms with E-state index in [2.05, 4.69) is 34.3 Å². The molecule has 2 aromatic rings. The van der Waals surface area contributed by atoms with Crippen LogP contribution in [0.5, 0.6) is 0 Å². The Balaban J connectivity index is 1.28. The zero-order chi connectivity index (χ0) is 23.4. The van der Waals surface area contributed by atoms with Crippen LogP contribution in [0.3, 0.4) is 0 Å². The number of piperazine rings is 1. The first-order valence-electron chi connectivity index (χ1n) is 11.7. The van der Waals surface area contributed by atoms with Gasteiger partial charge in [-0.15, -0.1) is 0 Å². The Kier molecular flexibility index (Phi) is 7.36. The molecule has 8 heteroatoms. The summed E-state index contributed by atoms with van der Waals surface area (Å²) in [5.41, 5.74) is 3.77. The zero-order valence-corrected chi connectivity index (χ0v) is 20.4. The summed E-state index contributed by atoms with van der Waals surface area (Å²) < 4.78 is 27.3. The van der Waals surface area contributed by atoms with E-state index in [1.165, 1.54) is 9.99 Å². The summed E-state index contributed by atoms with van der Waals surface area (Å²) in [4.78, 5) is 17.5. The van der Waals surface area contributed by atoms with E-state index in [1.54, 1.807) is 0 Å². The van der Waals surface area contributed by atoms with Crippen molar-refractivity contribution in [2.24, 2.45) is 5.92 Å². The van der Waals surface area contributed by atoms with Crippen molar-refractivity contribution in [1.82, 2.24) is 9.21 Å². The molecule has 2 fully saturated rings. The van der Waals surface area contributed by atoms with E-state index >= 15 is 0 Å². The smallest absolute Gasteiger partial charge is 0.227 e. The number of anilines is 2. The molecule has 7 nitrogen and oxygen atoms in total. The van der Waals surface area contributed by atoms with Crippen LogP contribution in [0.1, 0.15) is 24.0 Å². The van der Waals surface area contributed by atoms with Crippen molar-refractivity contribution in [3.05, 3.63) is 59.7 Å². The molecule has 0 radical (unpaired) electrons. The molecule has 2 saturated heterocycles. The number of nitrogens with zero attached hydrogens (tertiary/aromatic N) is 3. The molecule has 0 atom stereocenters. The minimum atomic E-state index is -3.39. The fourth-order valence-corrected chi connectivity index (χ4v) is 6.19. The molecule has 0 saturated carbocycles. The molecule has 2 aromatic carbocycles. The van der Waals surface area contributed by atoms with Crippen molar-refractivity contribution in [2.75, 3.05) is 56.5 Å². The quantitative estimate of drug-likeness (QED) is 0.703. The lowest BCUT2D eigenvalue weighted by atomic mass is 9.97. The third-order valence-electron chi connectivity index (χ3n) is 6.82. The second-order valence-electron chi connectivity index (χ2n) is 9.18. The molecule has 2 heterocycles. The van der Waals surface area contributed by atoms with E-state index in [1.807, 2.05) is 43.3 Å². The first-order chi connectivity index (χ1) is 15.8. The number of aryl methyl sites for hydroxylation is 1. The highest BCUT2D eigenvalue weighted by Crippen LogP contribution is 2.25. The van der Waals surface area contributed by atoms with Crippen molar-refractivity contribution in [1.29, 1.82) is 0 Å². The highest BCUT2D eigenvalue weighted by atomic mass is 32.2. The number of likely N-dealkylation sites (N-methyl/N-ethyl adjacent to an activating group) is 1. The van der Waals surface area contributed by atoms with Gasteiger partial charge in [-0.25, -0.2) is 12.7 Å². The Labute approximate surface area is 197 Å². The summed E-state index contributed by atoms with van der Waals surface area (Å²) in [7, 11) is -1.25. The first kappa shape index (κ1) is 23.7. The van der Waals surface area contributed by atoms with Crippen molar-refractivity contribution in [3.8, 4) is 0 Å². The molecule has 0 spiro atoms. The van der Waals surface area contributed by atoms with Gasteiger partial charge in [-0.1, -0.05) is 24.3 Å². The van der Waals surface area contributed by atoms with Crippen LogP contribution in [-0.2, 0) is 20.6 Å². The van der Waals surface area contributed by atoms with Crippen molar-refractivity contribution >= 4 is 27.3 Å². The van der Waals surface area contributed by atoms with E-state index in [4.69, 9.17) is 0 Å². The van der Waals surface area contributed by atoms with Gasteiger partial charge in [0, 0.05) is 56.6 Å². The second kappa shape index (κ2) is 10.2. The maximum atomic E-state index is 12.9. The van der Waals surface area contributed by atoms with E-state index in [-0.39, 0.29) is 17.6 Å². The highest BCUT2D eigenvalue weighted by molar-refractivity contribution is 7.88. The molecular formula is C25H34N4O3S. The van der Waals surface area contributed by atoms with Crippen molar-refractivity contribution < 1.29 is 13.2 Å². The van der Waals surface area contributed by atoms with Gasteiger partial charge in [0.2, 0.25) is 15.9 Å². The monoisotopic (exact) mass is 470 g/mol. The van der Waals surface area contributed by atoms with E-state index in [0.29, 0.717) is 25.9 Å². The second-order valence-corrected chi connectivity index (χ2v) is 11.2. The molecule has 0 aromatic heterocycles. The van der Waals surface area contributed by atoms with Crippen molar-refractivity contribution in [3.63, 3.8) is 0 Å². The Hall–Kier alpha value is -2.42. The summed E-state index contributed by atoms with van der Waals surface area (Å²) in [6, 6.07) is 15.6. The average Bonchev–Trinajstić information content (AvgIpc) is 2.82. The third-order valence-corrected chi connectivity index (χ3v) is 8.65. The maximum Gasteiger partial charge on any atom is 0.227 e. The normalized spacial score (nSPS) is 18.9. The first-order valence-corrected chi connectivity index (χ1v) is 13.3. The van der Waals surface area contributed by atoms with Crippen molar-refractivity contribution in [2.45, 2.75) is 25.5 Å². The molecule has 0 aliphatic carbocycles. The van der Waals surface area contributed by atoms with Gasteiger partial charge in [0.25, 0.3) is 0 Å². The number of hydrogen-bond donors (Lipinski definition) is 1. The zero-order valence-electron chi connectivity index (χ0n) is 19.5. The van der Waals surface area contributed by atoms with Gasteiger partial charge in [-0.05, 0) is 62.2 Å². The molecule has 0 unspecified atom stereocenters. The summed E-state index contributed by atoms with van der Waals surface area (Å²) in [6.07, 6.45) is 1.08. The van der Waals surface area contributed by atoms with Gasteiger partial charge in [-0.3, -0.25) is 4.79 Å². The van der Waals surface area contributed by atoms with Crippen LogP contribution in [-0.4, -0.2) is 69.8 Å². The lowest BCUT2D eigenvalue weighted by Crippen LogP contribution is -2.44. The highest BCUT2D eigenvalue weighted by Gasteiger charge is 2.31. The predicted molar refractivity (Wildman–Crippen MR) is 133 cm³/mol. The van der Waals surface area contributed by atoms with E-state index in [0.717, 1.165) is 43.0 Å². The molecule has 2 aliphatic rings. The van der Waals surface area contributed by atoms with Crippen LogP contribution >= 0.6 is 0 Å². The van der Waals surface area contributed by atoms with Crippen LogP contribution in [0, 0.1) is 12.8 Å². The largest absolute Gasteiger partial charge is 0.369 e. The molecule has 2 aliphatic heterocycles. The molecule has 0 bridgehead atoms. The van der Waals surface area contributed by atoms with E-state index in [9.17, 15) is 13.2 Å². The van der Waals surface area contributed by atoms with Crippen LogP contribution in [0.25, 0.3) is 0 Å². The maximum absolute atomic E-state index is 12.9. The number of carbonyl (C=O) groups excluding carboxylic acids is 1. The topological polar surface area (TPSA) is 73.0 Å². The lowest BCUT2D eigenvalue weighted by molar-refractivity contribution is -0.120. The number of nitrogens with one attached hydrogen (secondary N) is 1. The standard InChI is InChI=1S/C25H34N4O3S/c1-20-5-3-4-6-22(20)19-33(31,32)29-13-11-21(12-14-29)25(30)26-23-7-9-24(10-8-23)28-17-15-27(2)16-18-28/h3-10,21H,11-19H2,1-2H3,(H,26,30).